The quantitative estimate of drug-likeness (QED) is 0.823. The molecule has 1 heterocycles. The summed E-state index contributed by atoms with van der Waals surface area (Å²) in [6.07, 6.45) is 0.0112. The summed E-state index contributed by atoms with van der Waals surface area (Å²) < 4.78 is 0. The average molecular weight is 337 g/mol. The van der Waals surface area contributed by atoms with Crippen molar-refractivity contribution in [1.29, 1.82) is 0 Å². The number of aromatic hydroxyl groups is 2. The van der Waals surface area contributed by atoms with E-state index in [2.05, 4.69) is 5.10 Å². The van der Waals surface area contributed by atoms with E-state index in [9.17, 15) is 15.0 Å². The average Bonchev–Trinajstić information content (AvgIpc) is 2.86. The van der Waals surface area contributed by atoms with Gasteiger partial charge in [0.05, 0.1) is 27.9 Å². The van der Waals surface area contributed by atoms with Crippen LogP contribution in [0.25, 0.3) is 0 Å². The molecule has 5 nitrogen and oxygen atoms in total. The molecule has 112 valence electrons. The Hall–Kier alpha value is -2.24. The minimum atomic E-state index is -0.267. The van der Waals surface area contributed by atoms with Crippen LogP contribution in [0.2, 0.25) is 10.0 Å². The van der Waals surface area contributed by atoms with Crippen LogP contribution < -0.4 is 5.01 Å². The first-order chi connectivity index (χ1) is 10.5. The van der Waals surface area contributed by atoms with Crippen LogP contribution in [0.15, 0.2) is 41.5 Å². The predicted octanol–water partition coefficient (Wildman–Crippen LogP) is 3.55. The molecule has 2 aromatic rings. The Kier molecular flexibility index (Phi) is 3.68. The molecule has 0 bridgehead atoms. The fourth-order valence-electron chi connectivity index (χ4n) is 2.15. The number of rotatable bonds is 2. The topological polar surface area (TPSA) is 73.1 Å². The van der Waals surface area contributed by atoms with E-state index in [1.54, 1.807) is 12.1 Å². The molecule has 0 saturated carbocycles. The Morgan fingerprint density at radius 2 is 1.82 bits per heavy atom. The molecular formula is C15H10Cl2N2O3. The second kappa shape index (κ2) is 5.51. The number of carbonyl (C=O) groups is 1. The molecule has 3 rings (SSSR count). The van der Waals surface area contributed by atoms with Gasteiger partial charge in [0.2, 0.25) is 0 Å². The van der Waals surface area contributed by atoms with E-state index in [0.717, 1.165) is 0 Å². The van der Waals surface area contributed by atoms with Gasteiger partial charge in [0.15, 0.2) is 0 Å². The SMILES string of the molecule is O=C1CC(c2cc(O)ccc2O)=NN1c1ccc(Cl)c(Cl)c1. The molecule has 0 atom stereocenters. The van der Waals surface area contributed by atoms with Crippen molar-refractivity contribution in [2.75, 3.05) is 5.01 Å². The lowest BCUT2D eigenvalue weighted by Gasteiger charge is -2.12. The Labute approximate surface area is 136 Å². The summed E-state index contributed by atoms with van der Waals surface area (Å²) in [6.45, 7) is 0. The Morgan fingerprint density at radius 3 is 2.55 bits per heavy atom. The highest BCUT2D eigenvalue weighted by Gasteiger charge is 2.28. The van der Waals surface area contributed by atoms with Crippen molar-refractivity contribution in [3.05, 3.63) is 52.0 Å². The van der Waals surface area contributed by atoms with Crippen LogP contribution in [0.5, 0.6) is 11.5 Å². The Morgan fingerprint density at radius 1 is 1.05 bits per heavy atom. The minimum Gasteiger partial charge on any atom is -0.508 e. The number of carbonyl (C=O) groups excluding carboxylic acids is 1. The Bertz CT molecular complexity index is 805. The standard InChI is InChI=1S/C15H10Cl2N2O3/c16-11-3-1-8(5-12(11)17)19-15(22)7-13(18-19)10-6-9(20)2-4-14(10)21/h1-6,20-21H,7H2. The molecule has 1 amide bonds. The second-order valence-corrected chi connectivity index (χ2v) is 5.54. The van der Waals surface area contributed by atoms with Gasteiger partial charge in [-0.3, -0.25) is 4.79 Å². The van der Waals surface area contributed by atoms with Gasteiger partial charge >= 0.3 is 0 Å². The summed E-state index contributed by atoms with van der Waals surface area (Å²) in [5.74, 6) is -0.340. The van der Waals surface area contributed by atoms with E-state index in [0.29, 0.717) is 27.0 Å². The molecule has 2 N–H and O–H groups in total. The normalized spacial score (nSPS) is 14.4. The van der Waals surface area contributed by atoms with Crippen LogP contribution >= 0.6 is 23.2 Å². The van der Waals surface area contributed by atoms with Crippen LogP contribution in [-0.2, 0) is 4.79 Å². The summed E-state index contributed by atoms with van der Waals surface area (Å²) in [5.41, 5.74) is 1.16. The van der Waals surface area contributed by atoms with Gasteiger partial charge in [-0.25, -0.2) is 5.01 Å². The van der Waals surface area contributed by atoms with Crippen LogP contribution in [0.1, 0.15) is 12.0 Å². The van der Waals surface area contributed by atoms with Crippen molar-refractivity contribution in [2.45, 2.75) is 6.42 Å². The summed E-state index contributed by atoms with van der Waals surface area (Å²) in [7, 11) is 0. The van der Waals surface area contributed by atoms with Gasteiger partial charge in [-0.1, -0.05) is 23.2 Å². The van der Waals surface area contributed by atoms with Gasteiger partial charge in [-0.05, 0) is 36.4 Å². The third-order valence-electron chi connectivity index (χ3n) is 3.21. The molecule has 7 heteroatoms. The molecule has 22 heavy (non-hydrogen) atoms. The van der Waals surface area contributed by atoms with Gasteiger partial charge in [0.25, 0.3) is 5.91 Å². The van der Waals surface area contributed by atoms with E-state index in [-0.39, 0.29) is 23.8 Å². The van der Waals surface area contributed by atoms with Crippen molar-refractivity contribution in [3.8, 4) is 11.5 Å². The fourth-order valence-corrected chi connectivity index (χ4v) is 2.45. The lowest BCUT2D eigenvalue weighted by atomic mass is 10.1. The van der Waals surface area contributed by atoms with Gasteiger partial charge in [-0.2, -0.15) is 5.10 Å². The van der Waals surface area contributed by atoms with E-state index in [1.807, 2.05) is 0 Å². The van der Waals surface area contributed by atoms with Crippen molar-refractivity contribution in [2.24, 2.45) is 5.10 Å². The number of benzene rings is 2. The van der Waals surface area contributed by atoms with Crippen molar-refractivity contribution < 1.29 is 15.0 Å². The van der Waals surface area contributed by atoms with Crippen LogP contribution in [-0.4, -0.2) is 21.8 Å². The first-order valence-corrected chi connectivity index (χ1v) is 7.09. The van der Waals surface area contributed by atoms with Crippen LogP contribution in [0.3, 0.4) is 0 Å². The third kappa shape index (κ3) is 2.61. The number of hydrogen-bond donors (Lipinski definition) is 2. The smallest absolute Gasteiger partial charge is 0.253 e. The lowest BCUT2D eigenvalue weighted by molar-refractivity contribution is -0.116. The molecular weight excluding hydrogens is 327 g/mol. The molecule has 0 aliphatic carbocycles. The molecule has 0 fully saturated rings. The summed E-state index contributed by atoms with van der Waals surface area (Å²) >= 11 is 11.8. The maximum atomic E-state index is 12.1. The van der Waals surface area contributed by atoms with Crippen LogP contribution in [0, 0.1) is 0 Å². The number of nitrogens with zero attached hydrogens (tertiary/aromatic N) is 2. The largest absolute Gasteiger partial charge is 0.508 e. The zero-order valence-electron chi connectivity index (χ0n) is 11.1. The predicted molar refractivity (Wildman–Crippen MR) is 84.9 cm³/mol. The first kappa shape index (κ1) is 14.7. The molecule has 0 unspecified atom stereocenters. The summed E-state index contributed by atoms with van der Waals surface area (Å²) in [5, 5.41) is 25.5. The molecule has 0 radical (unpaired) electrons. The van der Waals surface area contributed by atoms with Crippen LogP contribution in [0.4, 0.5) is 5.69 Å². The van der Waals surface area contributed by atoms with Crippen molar-refractivity contribution in [3.63, 3.8) is 0 Å². The maximum Gasteiger partial charge on any atom is 0.253 e. The van der Waals surface area contributed by atoms with Gasteiger partial charge in [0.1, 0.15) is 11.5 Å². The van der Waals surface area contributed by atoms with Crippen molar-refractivity contribution in [1.82, 2.24) is 0 Å². The highest BCUT2D eigenvalue weighted by Crippen LogP contribution is 2.32. The van der Waals surface area contributed by atoms with Gasteiger partial charge in [0, 0.05) is 5.56 Å². The summed E-state index contributed by atoms with van der Waals surface area (Å²) in [6, 6.07) is 8.80. The molecule has 1 aliphatic heterocycles. The Balaban J connectivity index is 2.01. The molecule has 0 aromatic heterocycles. The molecule has 0 saturated heterocycles. The number of halogens is 2. The van der Waals surface area contributed by atoms with Gasteiger partial charge < -0.3 is 10.2 Å². The number of phenols is 2. The number of hydrogen-bond acceptors (Lipinski definition) is 4. The maximum absolute atomic E-state index is 12.1. The van der Waals surface area contributed by atoms with E-state index < -0.39 is 0 Å². The molecule has 0 spiro atoms. The molecule has 2 aromatic carbocycles. The van der Waals surface area contributed by atoms with E-state index in [1.165, 1.54) is 29.3 Å². The summed E-state index contributed by atoms with van der Waals surface area (Å²) in [4.78, 5) is 12.1. The first-order valence-electron chi connectivity index (χ1n) is 6.33. The minimum absolute atomic E-state index is 0.0112. The van der Waals surface area contributed by atoms with E-state index in [4.69, 9.17) is 23.2 Å². The zero-order valence-corrected chi connectivity index (χ0v) is 12.6. The lowest BCUT2D eigenvalue weighted by Crippen LogP contribution is -2.19. The fraction of sp³-hybridized carbons (Fsp3) is 0.0667. The van der Waals surface area contributed by atoms with Crippen molar-refractivity contribution >= 4 is 40.5 Å². The molecule has 1 aliphatic rings. The highest BCUT2D eigenvalue weighted by molar-refractivity contribution is 6.42. The second-order valence-electron chi connectivity index (χ2n) is 4.73. The van der Waals surface area contributed by atoms with Gasteiger partial charge in [-0.15, -0.1) is 0 Å². The number of hydrazone groups is 1. The highest BCUT2D eigenvalue weighted by atomic mass is 35.5. The van der Waals surface area contributed by atoms with E-state index >= 15 is 0 Å². The number of amides is 1. The monoisotopic (exact) mass is 336 g/mol. The third-order valence-corrected chi connectivity index (χ3v) is 3.95. The number of anilines is 1. The number of phenolic OH excluding ortho intramolecular Hbond substituents is 2. The zero-order chi connectivity index (χ0) is 15.9.